The third kappa shape index (κ3) is 4.18. The Bertz CT molecular complexity index is 549. The highest BCUT2D eigenvalue weighted by molar-refractivity contribution is 14.1. The first-order chi connectivity index (χ1) is 9.15. The molecule has 0 N–H and O–H groups in total. The van der Waals surface area contributed by atoms with Crippen LogP contribution in [0.5, 0.6) is 5.88 Å². The van der Waals surface area contributed by atoms with Crippen LogP contribution in [-0.4, -0.2) is 28.8 Å². The van der Waals surface area contributed by atoms with Gasteiger partial charge in [-0.1, -0.05) is 0 Å². The summed E-state index contributed by atoms with van der Waals surface area (Å²) in [5, 5.41) is 10.8. The fourth-order valence-corrected chi connectivity index (χ4v) is 1.83. The molecule has 1 aromatic heterocycles. The predicted octanol–water partition coefficient (Wildman–Crippen LogP) is 2.67. The molecule has 0 amide bonds. The van der Waals surface area contributed by atoms with Crippen LogP contribution in [0.15, 0.2) is 6.07 Å². The summed E-state index contributed by atoms with van der Waals surface area (Å²) in [6, 6.07) is 0.484. The molecule has 0 bridgehead atoms. The van der Waals surface area contributed by atoms with Crippen molar-refractivity contribution in [1.82, 2.24) is 4.98 Å². The van der Waals surface area contributed by atoms with Gasteiger partial charge in [0.25, 0.3) is 5.69 Å². The molecular formula is C9H6F3IN2O5. The maximum atomic E-state index is 12.1. The second-order valence-corrected chi connectivity index (χ2v) is 4.25. The minimum atomic E-state index is -5.08. The lowest BCUT2D eigenvalue weighted by Gasteiger charge is -2.10. The molecular weight excluding hydrogens is 400 g/mol. The molecule has 0 atom stereocenters. The molecule has 0 aliphatic heterocycles. The first-order valence-corrected chi connectivity index (χ1v) is 6.01. The fourth-order valence-electron chi connectivity index (χ4n) is 1.13. The van der Waals surface area contributed by atoms with Gasteiger partial charge in [0.15, 0.2) is 5.69 Å². The molecule has 110 valence electrons. The molecule has 1 rings (SSSR count). The van der Waals surface area contributed by atoms with Gasteiger partial charge in [0.2, 0.25) is 5.88 Å². The summed E-state index contributed by atoms with van der Waals surface area (Å²) in [7, 11) is 0. The van der Waals surface area contributed by atoms with E-state index < -0.39 is 34.5 Å². The minimum Gasteiger partial charge on any atom is -0.461 e. The Morgan fingerprint density at radius 1 is 1.55 bits per heavy atom. The average Bonchev–Trinajstić information content (AvgIpc) is 2.29. The number of rotatable bonds is 4. The molecule has 1 heterocycles. The normalized spacial score (nSPS) is 11.1. The summed E-state index contributed by atoms with van der Waals surface area (Å²) in [5.41, 5.74) is -1.34. The lowest BCUT2D eigenvalue weighted by Crippen LogP contribution is -2.20. The molecule has 11 heteroatoms. The van der Waals surface area contributed by atoms with E-state index in [1.807, 2.05) is 0 Å². The molecule has 0 aliphatic rings. The smallest absolute Gasteiger partial charge is 0.461 e. The Labute approximate surface area is 123 Å². The first kappa shape index (κ1) is 16.4. The number of carbonyl (C=O) groups excluding carboxylic acids is 1. The number of aromatic nitrogens is 1. The van der Waals surface area contributed by atoms with Crippen molar-refractivity contribution >= 4 is 34.2 Å². The lowest BCUT2D eigenvalue weighted by atomic mass is 10.3. The van der Waals surface area contributed by atoms with Crippen LogP contribution in [0, 0.1) is 13.7 Å². The van der Waals surface area contributed by atoms with Crippen LogP contribution in [0.25, 0.3) is 0 Å². The van der Waals surface area contributed by atoms with Crippen LogP contribution >= 0.6 is 22.6 Å². The Kier molecular flexibility index (Phi) is 5.08. The molecule has 0 saturated carbocycles. The van der Waals surface area contributed by atoms with Gasteiger partial charge in [0.05, 0.1) is 17.6 Å². The van der Waals surface area contributed by atoms with E-state index in [0.717, 1.165) is 0 Å². The van der Waals surface area contributed by atoms with Crippen molar-refractivity contribution in [3.8, 4) is 5.88 Å². The van der Waals surface area contributed by atoms with Gasteiger partial charge in [-0.05, 0) is 29.5 Å². The van der Waals surface area contributed by atoms with Crippen molar-refractivity contribution in [2.75, 3.05) is 6.61 Å². The number of alkyl halides is 3. The zero-order valence-corrected chi connectivity index (χ0v) is 11.9. The van der Waals surface area contributed by atoms with Crippen molar-refractivity contribution in [3.63, 3.8) is 0 Å². The molecule has 1 aromatic rings. The van der Waals surface area contributed by atoms with Gasteiger partial charge in [0, 0.05) is 0 Å². The van der Waals surface area contributed by atoms with Gasteiger partial charge in [-0.3, -0.25) is 10.1 Å². The Balaban J connectivity index is 3.35. The number of nitro groups is 1. The van der Waals surface area contributed by atoms with E-state index in [2.05, 4.69) is 14.5 Å². The Morgan fingerprint density at radius 3 is 2.60 bits per heavy atom. The third-order valence-corrected chi connectivity index (χ3v) is 2.86. The summed E-state index contributed by atoms with van der Waals surface area (Å²) in [4.78, 5) is 24.6. The molecule has 0 radical (unpaired) electrons. The van der Waals surface area contributed by atoms with Crippen molar-refractivity contribution in [2.45, 2.75) is 13.3 Å². The van der Waals surface area contributed by atoms with Crippen LogP contribution in [0.3, 0.4) is 0 Å². The maximum absolute atomic E-state index is 12.1. The van der Waals surface area contributed by atoms with E-state index in [1.165, 1.54) is 29.5 Å². The zero-order chi connectivity index (χ0) is 15.5. The number of hydrogen-bond donors (Lipinski definition) is 0. The van der Waals surface area contributed by atoms with E-state index >= 15 is 0 Å². The molecule has 0 spiro atoms. The highest BCUT2D eigenvalue weighted by Gasteiger charge is 2.34. The van der Waals surface area contributed by atoms with Crippen molar-refractivity contribution in [2.24, 2.45) is 0 Å². The molecule has 0 unspecified atom stereocenters. The molecule has 0 fully saturated rings. The summed E-state index contributed by atoms with van der Waals surface area (Å²) < 4.78 is 44.1. The van der Waals surface area contributed by atoms with Crippen molar-refractivity contribution < 1.29 is 32.4 Å². The number of pyridine rings is 1. The average molecular weight is 406 g/mol. The van der Waals surface area contributed by atoms with E-state index in [4.69, 9.17) is 0 Å². The van der Waals surface area contributed by atoms with Gasteiger partial charge < -0.3 is 9.47 Å². The molecule has 0 aromatic carbocycles. The van der Waals surface area contributed by atoms with Crippen molar-refractivity contribution in [1.29, 1.82) is 0 Å². The molecule has 0 saturated heterocycles. The van der Waals surface area contributed by atoms with Gasteiger partial charge in [0.1, 0.15) is 3.57 Å². The van der Waals surface area contributed by atoms with E-state index in [9.17, 15) is 28.1 Å². The number of hydrogen-bond acceptors (Lipinski definition) is 6. The summed E-state index contributed by atoms with van der Waals surface area (Å²) in [5.74, 6) is -2.18. The number of ether oxygens (including phenoxy) is 2. The molecule has 7 nitrogen and oxygen atoms in total. The number of esters is 1. The zero-order valence-electron chi connectivity index (χ0n) is 9.73. The Hall–Kier alpha value is -1.66. The highest BCUT2D eigenvalue weighted by Crippen LogP contribution is 2.30. The van der Waals surface area contributed by atoms with E-state index in [-0.39, 0.29) is 10.2 Å². The lowest BCUT2D eigenvalue weighted by molar-refractivity contribution is -0.386. The number of carbonyl (C=O) groups is 1. The molecule has 20 heavy (non-hydrogen) atoms. The van der Waals surface area contributed by atoms with Crippen LogP contribution in [-0.2, 0) is 4.74 Å². The number of nitrogens with zero attached hydrogens (tertiary/aromatic N) is 2. The highest BCUT2D eigenvalue weighted by atomic mass is 127. The van der Waals surface area contributed by atoms with E-state index in [1.54, 1.807) is 0 Å². The molecule has 0 aliphatic carbocycles. The van der Waals surface area contributed by atoms with Gasteiger partial charge >= 0.3 is 12.3 Å². The van der Waals surface area contributed by atoms with Gasteiger partial charge in [-0.2, -0.15) is 0 Å². The van der Waals surface area contributed by atoms with Crippen molar-refractivity contribution in [3.05, 3.63) is 25.4 Å². The van der Waals surface area contributed by atoms with Gasteiger partial charge in [-0.15, -0.1) is 13.2 Å². The van der Waals surface area contributed by atoms with Crippen LogP contribution in [0.4, 0.5) is 18.9 Å². The van der Waals surface area contributed by atoms with Crippen LogP contribution < -0.4 is 4.74 Å². The first-order valence-electron chi connectivity index (χ1n) is 4.93. The van der Waals surface area contributed by atoms with Crippen LogP contribution in [0.1, 0.15) is 17.4 Å². The topological polar surface area (TPSA) is 91.6 Å². The standard InChI is InChI=1S/C9H6F3IN2O5/c1-2-19-8(16)7-6(13)4(15(17)18)3-5(14-7)20-9(10,11)12/h3H,2H2,1H3. The second-order valence-electron chi connectivity index (χ2n) is 3.17. The maximum Gasteiger partial charge on any atom is 0.574 e. The summed E-state index contributed by atoms with van der Waals surface area (Å²) >= 11 is 1.42. The summed E-state index contributed by atoms with van der Waals surface area (Å²) in [6.45, 7) is 1.41. The SMILES string of the molecule is CCOC(=O)c1nc(OC(F)(F)F)cc([N+](=O)[O-])c1I. The number of halogens is 4. The fraction of sp³-hybridized carbons (Fsp3) is 0.333. The second kappa shape index (κ2) is 6.19. The quantitative estimate of drug-likeness (QED) is 0.331. The minimum absolute atomic E-state index is 0.0608. The summed E-state index contributed by atoms with van der Waals surface area (Å²) in [6.07, 6.45) is -5.08. The van der Waals surface area contributed by atoms with Crippen LogP contribution in [0.2, 0.25) is 0 Å². The third-order valence-electron chi connectivity index (χ3n) is 1.80. The van der Waals surface area contributed by atoms with Gasteiger partial charge in [-0.25, -0.2) is 9.78 Å². The Morgan fingerprint density at radius 2 is 2.15 bits per heavy atom. The van der Waals surface area contributed by atoms with E-state index in [0.29, 0.717) is 6.07 Å². The predicted molar refractivity (Wildman–Crippen MR) is 66.2 cm³/mol. The monoisotopic (exact) mass is 406 g/mol. The largest absolute Gasteiger partial charge is 0.574 e.